The number of hydrazone groups is 1. The fraction of sp³-hybridized carbons (Fsp3) is 0.111. The molecule has 0 fully saturated rings. The van der Waals surface area contributed by atoms with Gasteiger partial charge in [0.15, 0.2) is 0 Å². The second-order valence-electron chi connectivity index (χ2n) is 8.79. The zero-order chi connectivity index (χ0) is 30.7. The summed E-state index contributed by atoms with van der Waals surface area (Å²) in [5, 5.41) is 13.9. The van der Waals surface area contributed by atoms with Crippen molar-refractivity contribution in [3.63, 3.8) is 0 Å². The Kier molecular flexibility index (Phi) is 8.68. The summed E-state index contributed by atoms with van der Waals surface area (Å²) in [7, 11) is -4.50. The lowest BCUT2D eigenvalue weighted by Crippen LogP contribution is -2.39. The van der Waals surface area contributed by atoms with E-state index in [9.17, 15) is 36.5 Å². The van der Waals surface area contributed by atoms with Crippen molar-refractivity contribution < 1.29 is 35.7 Å². The minimum atomic E-state index is -4.88. The van der Waals surface area contributed by atoms with Crippen molar-refractivity contribution in [3.8, 4) is 11.3 Å². The normalized spacial score (nSPS) is 11.9. The van der Waals surface area contributed by atoms with Crippen molar-refractivity contribution in [1.29, 1.82) is 0 Å². The zero-order valence-electron chi connectivity index (χ0n) is 21.5. The molecule has 42 heavy (non-hydrogen) atoms. The quantitative estimate of drug-likeness (QED) is 0.135. The monoisotopic (exact) mass is 620 g/mol. The fourth-order valence-electron chi connectivity index (χ4n) is 3.70. The van der Waals surface area contributed by atoms with E-state index in [2.05, 4.69) is 10.5 Å². The largest absolute Gasteiger partial charge is 0.455 e. The second kappa shape index (κ2) is 12.0. The number of nitrogens with one attached hydrogen (secondary N) is 1. The lowest BCUT2D eigenvalue weighted by molar-refractivity contribution is -0.384. The summed E-state index contributed by atoms with van der Waals surface area (Å²) in [6, 6.07) is 16.7. The van der Waals surface area contributed by atoms with Crippen LogP contribution in [-0.4, -0.2) is 32.0 Å². The van der Waals surface area contributed by atoms with Crippen molar-refractivity contribution in [3.05, 3.63) is 111 Å². The molecule has 10 nitrogen and oxygen atoms in total. The first-order valence-electron chi connectivity index (χ1n) is 11.9. The van der Waals surface area contributed by atoms with E-state index in [1.54, 1.807) is 13.0 Å². The van der Waals surface area contributed by atoms with Gasteiger partial charge in [-0.3, -0.25) is 19.2 Å². The van der Waals surface area contributed by atoms with Gasteiger partial charge in [-0.25, -0.2) is 13.8 Å². The molecule has 0 bridgehead atoms. The van der Waals surface area contributed by atoms with Crippen LogP contribution in [0.25, 0.3) is 11.3 Å². The molecule has 0 aliphatic heterocycles. The van der Waals surface area contributed by atoms with Gasteiger partial charge in [-0.1, -0.05) is 29.3 Å². The summed E-state index contributed by atoms with van der Waals surface area (Å²) < 4.78 is 73.6. The van der Waals surface area contributed by atoms with Gasteiger partial charge in [0.1, 0.15) is 18.1 Å². The highest BCUT2D eigenvalue weighted by Gasteiger charge is 2.35. The second-order valence-corrected chi connectivity index (χ2v) is 11.1. The van der Waals surface area contributed by atoms with Gasteiger partial charge in [0.2, 0.25) is 0 Å². The first-order valence-corrected chi connectivity index (χ1v) is 13.7. The maximum absolute atomic E-state index is 13.5. The SMILES string of the molecule is Cc1ccc(S(=O)(=O)N(CC(=O)N/N=C\c2ccc(-c3ccc([N+](=O)[O-])cc3)o2)c2ccc(Cl)c(C(F)(F)F)c2)cc1. The maximum atomic E-state index is 13.5. The third-order valence-corrected chi connectivity index (χ3v) is 7.93. The molecule has 1 aromatic heterocycles. The van der Waals surface area contributed by atoms with Crippen LogP contribution >= 0.6 is 11.6 Å². The number of furan rings is 1. The number of non-ortho nitro benzene ring substituents is 1. The highest BCUT2D eigenvalue weighted by molar-refractivity contribution is 7.92. The number of nitro benzene ring substituents is 1. The van der Waals surface area contributed by atoms with E-state index in [1.165, 1.54) is 54.6 Å². The van der Waals surface area contributed by atoms with Crippen LogP contribution in [0.4, 0.5) is 24.5 Å². The average molecular weight is 621 g/mol. The number of hydrogen-bond acceptors (Lipinski definition) is 7. The van der Waals surface area contributed by atoms with Crippen LogP contribution in [0.15, 0.2) is 93.3 Å². The summed E-state index contributed by atoms with van der Waals surface area (Å²) >= 11 is 5.70. The summed E-state index contributed by atoms with van der Waals surface area (Å²) in [4.78, 5) is 22.8. The molecule has 4 aromatic rings. The average Bonchev–Trinajstić information content (AvgIpc) is 3.40. The summed E-state index contributed by atoms with van der Waals surface area (Å²) in [6.07, 6.45) is -3.76. The number of carbonyl (C=O) groups excluding carboxylic acids is 1. The van der Waals surface area contributed by atoms with Crippen molar-refractivity contribution in [2.24, 2.45) is 5.10 Å². The first kappa shape index (κ1) is 30.3. The van der Waals surface area contributed by atoms with Crippen LogP contribution in [0.3, 0.4) is 0 Å². The molecule has 3 aromatic carbocycles. The number of rotatable bonds is 9. The van der Waals surface area contributed by atoms with E-state index in [0.29, 0.717) is 21.7 Å². The number of aryl methyl sites for hydroxylation is 1. The molecule has 0 saturated heterocycles. The Labute approximate surface area is 242 Å². The number of nitro groups is 1. The maximum Gasteiger partial charge on any atom is 0.417 e. The molecule has 15 heteroatoms. The number of amides is 1. The standard InChI is InChI=1S/C27H20ClF3N4O6S/c1-17-2-10-22(11-3-17)42(39,40)34(20-8-12-24(28)23(14-20)27(29,30)31)16-26(36)33-32-15-21-9-13-25(41-21)18-4-6-19(7-5-18)35(37)38/h2-15H,16H2,1H3,(H,33,36)/b32-15-. The minimum Gasteiger partial charge on any atom is -0.455 e. The predicted octanol–water partition coefficient (Wildman–Crippen LogP) is 6.18. The van der Waals surface area contributed by atoms with Crippen LogP contribution in [0.5, 0.6) is 0 Å². The Morgan fingerprint density at radius 1 is 1.07 bits per heavy atom. The number of carbonyl (C=O) groups is 1. The number of nitrogens with zero attached hydrogens (tertiary/aromatic N) is 3. The molecule has 1 amide bonds. The Hall–Kier alpha value is -4.69. The van der Waals surface area contributed by atoms with E-state index in [0.717, 1.165) is 23.9 Å². The summed E-state index contributed by atoms with van der Waals surface area (Å²) in [5.74, 6) is -0.427. The molecule has 4 rings (SSSR count). The molecule has 0 spiro atoms. The van der Waals surface area contributed by atoms with Gasteiger partial charge >= 0.3 is 6.18 Å². The van der Waals surface area contributed by atoms with Crippen molar-refractivity contribution in [2.75, 3.05) is 10.8 Å². The topological polar surface area (TPSA) is 135 Å². The lowest BCUT2D eigenvalue weighted by atomic mass is 10.1. The lowest BCUT2D eigenvalue weighted by Gasteiger charge is -2.25. The minimum absolute atomic E-state index is 0.0959. The molecule has 0 atom stereocenters. The molecule has 0 aliphatic rings. The number of anilines is 1. The molecular weight excluding hydrogens is 601 g/mol. The van der Waals surface area contributed by atoms with Gasteiger partial charge in [-0.15, -0.1) is 0 Å². The van der Waals surface area contributed by atoms with E-state index >= 15 is 0 Å². The van der Waals surface area contributed by atoms with Crippen LogP contribution in [0, 0.1) is 17.0 Å². The molecule has 0 unspecified atom stereocenters. The van der Waals surface area contributed by atoms with Gasteiger partial charge < -0.3 is 4.42 Å². The van der Waals surface area contributed by atoms with Gasteiger partial charge in [0, 0.05) is 17.7 Å². The van der Waals surface area contributed by atoms with Crippen molar-refractivity contribution in [1.82, 2.24) is 5.43 Å². The molecule has 1 heterocycles. The zero-order valence-corrected chi connectivity index (χ0v) is 23.1. The number of sulfonamides is 1. The third-order valence-electron chi connectivity index (χ3n) is 5.81. The molecular formula is C27H20ClF3N4O6S. The highest BCUT2D eigenvalue weighted by atomic mass is 35.5. The van der Waals surface area contributed by atoms with E-state index < -0.39 is 49.8 Å². The number of halogens is 4. The van der Waals surface area contributed by atoms with Crippen molar-refractivity contribution >= 4 is 45.1 Å². The number of alkyl halides is 3. The third kappa shape index (κ3) is 6.95. The van der Waals surface area contributed by atoms with Crippen LogP contribution < -0.4 is 9.73 Å². The Balaban J connectivity index is 1.55. The van der Waals surface area contributed by atoms with Gasteiger partial charge in [-0.2, -0.15) is 18.3 Å². The number of benzene rings is 3. The van der Waals surface area contributed by atoms with E-state index in [4.69, 9.17) is 16.0 Å². The van der Waals surface area contributed by atoms with Crippen LogP contribution in [0.2, 0.25) is 5.02 Å². The molecule has 0 aliphatic carbocycles. The van der Waals surface area contributed by atoms with Gasteiger partial charge in [0.25, 0.3) is 21.6 Å². The van der Waals surface area contributed by atoms with Gasteiger partial charge in [0.05, 0.1) is 32.3 Å². The molecule has 0 saturated carbocycles. The number of hydrogen-bond donors (Lipinski definition) is 1. The highest BCUT2D eigenvalue weighted by Crippen LogP contribution is 2.38. The molecule has 218 valence electrons. The molecule has 0 radical (unpaired) electrons. The Morgan fingerprint density at radius 3 is 2.36 bits per heavy atom. The smallest absolute Gasteiger partial charge is 0.417 e. The van der Waals surface area contributed by atoms with Gasteiger partial charge in [-0.05, 0) is 61.5 Å². The fourth-order valence-corrected chi connectivity index (χ4v) is 5.33. The van der Waals surface area contributed by atoms with E-state index in [1.807, 2.05) is 0 Å². The van der Waals surface area contributed by atoms with E-state index in [-0.39, 0.29) is 16.3 Å². The Morgan fingerprint density at radius 2 is 1.74 bits per heavy atom. The first-order chi connectivity index (χ1) is 19.8. The van der Waals surface area contributed by atoms with Crippen LogP contribution in [-0.2, 0) is 21.0 Å². The predicted molar refractivity (Wildman–Crippen MR) is 149 cm³/mol. The Bertz CT molecular complexity index is 1760. The van der Waals surface area contributed by atoms with Crippen molar-refractivity contribution in [2.45, 2.75) is 18.0 Å². The van der Waals surface area contributed by atoms with Crippen LogP contribution in [0.1, 0.15) is 16.9 Å². The summed E-state index contributed by atoms with van der Waals surface area (Å²) in [5.41, 5.74) is 1.61. The summed E-state index contributed by atoms with van der Waals surface area (Å²) in [6.45, 7) is 0.807. The molecule has 1 N–H and O–H groups in total.